The third-order valence-corrected chi connectivity index (χ3v) is 4.90. The summed E-state index contributed by atoms with van der Waals surface area (Å²) in [6.45, 7) is 5.46. The molecule has 0 bridgehead atoms. The van der Waals surface area contributed by atoms with E-state index in [4.69, 9.17) is 14.5 Å². The van der Waals surface area contributed by atoms with Gasteiger partial charge in [-0.3, -0.25) is 0 Å². The Bertz CT molecular complexity index is 786. The van der Waals surface area contributed by atoms with Gasteiger partial charge in [0, 0.05) is 43.0 Å². The van der Waals surface area contributed by atoms with Gasteiger partial charge in [-0.25, -0.2) is 4.99 Å². The van der Waals surface area contributed by atoms with Gasteiger partial charge in [0.05, 0.1) is 20.8 Å². The lowest BCUT2D eigenvalue weighted by Gasteiger charge is -2.20. The second-order valence-electron chi connectivity index (χ2n) is 6.78. The molecule has 7 heteroatoms. The summed E-state index contributed by atoms with van der Waals surface area (Å²) >= 11 is 0. The highest BCUT2D eigenvalue weighted by molar-refractivity contribution is 14.0. The number of nitrogens with zero attached hydrogens (tertiary/aromatic N) is 2. The van der Waals surface area contributed by atoms with E-state index >= 15 is 0 Å². The summed E-state index contributed by atoms with van der Waals surface area (Å²) in [5.74, 6) is 2.40. The Hall–Kier alpha value is -2.16. The Balaban J connectivity index is 0.00000300. The summed E-state index contributed by atoms with van der Waals surface area (Å²) < 4.78 is 10.7. The summed E-state index contributed by atoms with van der Waals surface area (Å²) in [7, 11) is 3.32. The molecule has 29 heavy (non-hydrogen) atoms. The lowest BCUT2D eigenvalue weighted by molar-refractivity contribution is 0.391. The fourth-order valence-corrected chi connectivity index (χ4v) is 3.41. The Kier molecular flexibility index (Phi) is 9.37. The van der Waals surface area contributed by atoms with Crippen LogP contribution in [0.2, 0.25) is 0 Å². The van der Waals surface area contributed by atoms with Crippen molar-refractivity contribution in [3.8, 4) is 11.5 Å². The summed E-state index contributed by atoms with van der Waals surface area (Å²) in [4.78, 5) is 7.17. The van der Waals surface area contributed by atoms with Crippen LogP contribution in [0.5, 0.6) is 11.5 Å². The fraction of sp³-hybridized carbons (Fsp3) is 0.409. The molecule has 6 nitrogen and oxygen atoms in total. The van der Waals surface area contributed by atoms with Crippen molar-refractivity contribution in [2.24, 2.45) is 4.99 Å². The van der Waals surface area contributed by atoms with Gasteiger partial charge in [0.2, 0.25) is 0 Å². The number of benzene rings is 2. The quantitative estimate of drug-likeness (QED) is 0.339. The normalized spacial score (nSPS) is 16.2. The van der Waals surface area contributed by atoms with Crippen molar-refractivity contribution in [3.05, 3.63) is 54.1 Å². The lowest BCUT2D eigenvalue weighted by Crippen LogP contribution is -2.44. The van der Waals surface area contributed by atoms with E-state index in [-0.39, 0.29) is 24.0 Å². The lowest BCUT2D eigenvalue weighted by atomic mass is 10.2. The largest absolute Gasteiger partial charge is 0.497 e. The highest BCUT2D eigenvalue weighted by atomic mass is 127. The number of para-hydroxylation sites is 1. The second-order valence-corrected chi connectivity index (χ2v) is 6.78. The number of methoxy groups -OCH3 is 2. The Morgan fingerprint density at radius 3 is 2.62 bits per heavy atom. The molecule has 0 saturated carbocycles. The molecule has 1 heterocycles. The molecular formula is C22H31IN4O2. The number of guanidine groups is 1. The van der Waals surface area contributed by atoms with Gasteiger partial charge in [-0.2, -0.15) is 0 Å². The van der Waals surface area contributed by atoms with E-state index in [1.807, 2.05) is 18.2 Å². The first-order chi connectivity index (χ1) is 13.7. The summed E-state index contributed by atoms with van der Waals surface area (Å²) in [5.41, 5.74) is 2.30. The van der Waals surface area contributed by atoms with E-state index in [2.05, 4.69) is 52.8 Å². The third kappa shape index (κ3) is 6.42. The van der Waals surface area contributed by atoms with Crippen LogP contribution in [0, 0.1) is 0 Å². The maximum atomic E-state index is 5.48. The number of anilines is 1. The molecule has 2 aromatic rings. The number of ether oxygens (including phenoxy) is 2. The van der Waals surface area contributed by atoms with Crippen LogP contribution < -0.4 is 25.0 Å². The Morgan fingerprint density at radius 1 is 1.14 bits per heavy atom. The topological polar surface area (TPSA) is 58.1 Å². The first kappa shape index (κ1) is 23.1. The Labute approximate surface area is 190 Å². The first-order valence-electron chi connectivity index (χ1n) is 9.79. The molecule has 3 rings (SSSR count). The molecule has 2 N–H and O–H groups in total. The van der Waals surface area contributed by atoms with Crippen LogP contribution >= 0.6 is 24.0 Å². The molecule has 1 fully saturated rings. The summed E-state index contributed by atoms with van der Waals surface area (Å²) in [5, 5.41) is 6.93. The number of halogens is 1. The summed E-state index contributed by atoms with van der Waals surface area (Å²) in [6.07, 6.45) is 1.09. The van der Waals surface area contributed by atoms with E-state index in [9.17, 15) is 0 Å². The van der Waals surface area contributed by atoms with Crippen LogP contribution in [0.1, 0.15) is 18.9 Å². The number of hydrogen-bond donors (Lipinski definition) is 2. The van der Waals surface area contributed by atoms with E-state index in [0.717, 1.165) is 49.1 Å². The minimum absolute atomic E-state index is 0. The first-order valence-corrected chi connectivity index (χ1v) is 9.79. The van der Waals surface area contributed by atoms with Gasteiger partial charge in [-0.05, 0) is 37.6 Å². The SMILES string of the molecule is CCNC(=NCc1ccc(OC)cc1OC)NC1CCN(c2ccccc2)C1.I. The molecule has 1 aliphatic rings. The van der Waals surface area contributed by atoms with E-state index < -0.39 is 0 Å². The molecule has 2 aromatic carbocycles. The number of rotatable bonds is 7. The molecule has 0 spiro atoms. The van der Waals surface area contributed by atoms with E-state index in [1.54, 1.807) is 14.2 Å². The maximum Gasteiger partial charge on any atom is 0.191 e. The minimum Gasteiger partial charge on any atom is -0.497 e. The Morgan fingerprint density at radius 2 is 1.93 bits per heavy atom. The van der Waals surface area contributed by atoms with Crippen molar-refractivity contribution in [2.75, 3.05) is 38.8 Å². The van der Waals surface area contributed by atoms with Crippen LogP contribution in [0.4, 0.5) is 5.69 Å². The van der Waals surface area contributed by atoms with Gasteiger partial charge in [-0.15, -0.1) is 24.0 Å². The molecule has 1 unspecified atom stereocenters. The molecule has 0 amide bonds. The number of aliphatic imine (C=N–C) groups is 1. The molecule has 1 saturated heterocycles. The van der Waals surface area contributed by atoms with Gasteiger partial charge >= 0.3 is 0 Å². The average molecular weight is 510 g/mol. The molecule has 1 aliphatic heterocycles. The van der Waals surface area contributed by atoms with Gasteiger partial charge in [0.15, 0.2) is 5.96 Å². The highest BCUT2D eigenvalue weighted by Crippen LogP contribution is 2.25. The molecular weight excluding hydrogens is 479 g/mol. The smallest absolute Gasteiger partial charge is 0.191 e. The maximum absolute atomic E-state index is 5.48. The van der Waals surface area contributed by atoms with Crippen molar-refractivity contribution in [2.45, 2.75) is 25.9 Å². The zero-order chi connectivity index (χ0) is 19.8. The van der Waals surface area contributed by atoms with Gasteiger partial charge < -0.3 is 25.0 Å². The van der Waals surface area contributed by atoms with Gasteiger partial charge in [0.1, 0.15) is 11.5 Å². The van der Waals surface area contributed by atoms with Crippen molar-refractivity contribution in [1.29, 1.82) is 0 Å². The van der Waals surface area contributed by atoms with Crippen molar-refractivity contribution >= 4 is 35.6 Å². The molecule has 0 radical (unpaired) electrons. The predicted molar refractivity (Wildman–Crippen MR) is 130 cm³/mol. The molecule has 0 aliphatic carbocycles. The molecule has 158 valence electrons. The van der Waals surface area contributed by atoms with Crippen LogP contribution in [0.3, 0.4) is 0 Å². The number of hydrogen-bond acceptors (Lipinski definition) is 4. The van der Waals surface area contributed by atoms with Crippen LogP contribution in [-0.2, 0) is 6.54 Å². The van der Waals surface area contributed by atoms with Crippen molar-refractivity contribution in [1.82, 2.24) is 10.6 Å². The third-order valence-electron chi connectivity index (χ3n) is 4.90. The van der Waals surface area contributed by atoms with E-state index in [1.165, 1.54) is 5.69 Å². The van der Waals surface area contributed by atoms with Gasteiger partial charge in [-0.1, -0.05) is 18.2 Å². The van der Waals surface area contributed by atoms with Crippen molar-refractivity contribution in [3.63, 3.8) is 0 Å². The monoisotopic (exact) mass is 510 g/mol. The van der Waals surface area contributed by atoms with Crippen LogP contribution in [-0.4, -0.2) is 45.9 Å². The average Bonchev–Trinajstić information content (AvgIpc) is 3.21. The van der Waals surface area contributed by atoms with E-state index in [0.29, 0.717) is 12.6 Å². The standard InChI is InChI=1S/C22H30N4O2.HI/c1-4-23-22(24-15-17-10-11-20(27-2)14-21(17)28-3)25-18-12-13-26(16-18)19-8-6-5-7-9-19;/h5-11,14,18H,4,12-13,15-16H2,1-3H3,(H2,23,24,25);1H. The minimum atomic E-state index is 0. The highest BCUT2D eigenvalue weighted by Gasteiger charge is 2.23. The van der Waals surface area contributed by atoms with Crippen LogP contribution in [0.25, 0.3) is 0 Å². The molecule has 1 atom stereocenters. The van der Waals surface area contributed by atoms with Gasteiger partial charge in [0.25, 0.3) is 0 Å². The zero-order valence-corrected chi connectivity index (χ0v) is 19.7. The zero-order valence-electron chi connectivity index (χ0n) is 17.4. The second kappa shape index (κ2) is 11.7. The number of nitrogens with one attached hydrogen (secondary N) is 2. The molecule has 0 aromatic heterocycles. The van der Waals surface area contributed by atoms with Crippen LogP contribution in [0.15, 0.2) is 53.5 Å². The predicted octanol–water partition coefficient (Wildman–Crippen LogP) is 3.66. The van der Waals surface area contributed by atoms with Crippen molar-refractivity contribution < 1.29 is 9.47 Å². The summed E-state index contributed by atoms with van der Waals surface area (Å²) in [6, 6.07) is 16.7. The fourth-order valence-electron chi connectivity index (χ4n) is 3.41.